The molecule has 3 unspecified atom stereocenters. The lowest BCUT2D eigenvalue weighted by Crippen LogP contribution is -2.45. The molecule has 0 aromatic heterocycles. The van der Waals surface area contributed by atoms with Gasteiger partial charge in [-0.05, 0) is 74.3 Å². The van der Waals surface area contributed by atoms with Gasteiger partial charge in [0, 0.05) is 10.8 Å². The zero-order valence-corrected chi connectivity index (χ0v) is 14.8. The normalized spacial score (nSPS) is 33.7. The standard InChI is InChI=1S/C21H28O/c1-13-10-17-15(3)12-19-20(5,16(4)22)8-7-9-21(19,6)18(17)11-14(13)2/h10-12,15H,7-9H2,1-6H3. The maximum atomic E-state index is 12.4. The number of carbonyl (C=O) groups excluding carboxylic acids is 1. The number of ketones is 1. The van der Waals surface area contributed by atoms with Crippen LogP contribution in [0.3, 0.4) is 0 Å². The van der Waals surface area contributed by atoms with Crippen molar-refractivity contribution in [2.75, 3.05) is 0 Å². The Kier molecular flexibility index (Phi) is 3.39. The minimum atomic E-state index is -0.280. The molecule has 1 nitrogen and oxygen atoms in total. The summed E-state index contributed by atoms with van der Waals surface area (Å²) in [5.74, 6) is 0.721. The van der Waals surface area contributed by atoms with Crippen LogP contribution in [-0.2, 0) is 10.2 Å². The number of aryl methyl sites for hydroxylation is 2. The zero-order valence-electron chi connectivity index (χ0n) is 14.8. The van der Waals surface area contributed by atoms with Gasteiger partial charge in [0.25, 0.3) is 0 Å². The fourth-order valence-corrected chi connectivity index (χ4v) is 4.72. The van der Waals surface area contributed by atoms with Crippen molar-refractivity contribution in [1.82, 2.24) is 0 Å². The number of fused-ring (bicyclic) bond motifs is 3. The maximum Gasteiger partial charge on any atom is 0.139 e. The Bertz CT molecular complexity index is 681. The minimum absolute atomic E-state index is 0.0268. The van der Waals surface area contributed by atoms with E-state index in [4.69, 9.17) is 0 Å². The highest BCUT2D eigenvalue weighted by Gasteiger charge is 2.50. The van der Waals surface area contributed by atoms with E-state index < -0.39 is 0 Å². The SMILES string of the molecule is CC(=O)C1(C)CCCC2(C)C1=CC(C)c1cc(C)c(C)cc12. The first kappa shape index (κ1) is 15.5. The van der Waals surface area contributed by atoms with E-state index >= 15 is 0 Å². The Balaban J connectivity index is 2.26. The Morgan fingerprint density at radius 1 is 1.14 bits per heavy atom. The summed E-state index contributed by atoms with van der Waals surface area (Å²) in [7, 11) is 0. The molecule has 1 fully saturated rings. The molecule has 2 aliphatic rings. The van der Waals surface area contributed by atoms with Crippen molar-refractivity contribution in [1.29, 1.82) is 0 Å². The molecule has 0 bridgehead atoms. The predicted octanol–water partition coefficient (Wildman–Crippen LogP) is 5.38. The summed E-state index contributed by atoms with van der Waals surface area (Å²) in [6, 6.07) is 4.76. The number of benzene rings is 1. The number of carbonyl (C=O) groups is 1. The molecule has 0 aliphatic heterocycles. The third-order valence-electron chi connectivity index (χ3n) is 6.49. The largest absolute Gasteiger partial charge is 0.299 e. The van der Waals surface area contributed by atoms with Gasteiger partial charge in [0.05, 0.1) is 0 Å². The highest BCUT2D eigenvalue weighted by atomic mass is 16.1. The fourth-order valence-electron chi connectivity index (χ4n) is 4.72. The number of hydrogen-bond acceptors (Lipinski definition) is 1. The monoisotopic (exact) mass is 296 g/mol. The van der Waals surface area contributed by atoms with Gasteiger partial charge in [-0.15, -0.1) is 0 Å². The summed E-state index contributed by atoms with van der Waals surface area (Å²) in [5, 5.41) is 0. The van der Waals surface area contributed by atoms with E-state index in [1.165, 1.54) is 27.8 Å². The predicted molar refractivity (Wildman–Crippen MR) is 92.4 cm³/mol. The van der Waals surface area contributed by atoms with Crippen LogP contribution in [0.2, 0.25) is 0 Å². The highest BCUT2D eigenvalue weighted by Crippen LogP contribution is 2.57. The maximum absolute atomic E-state index is 12.4. The number of Topliss-reactive ketones (excluding diaryl/α,β-unsaturated/α-hetero) is 1. The van der Waals surface area contributed by atoms with Gasteiger partial charge in [0.2, 0.25) is 0 Å². The molecule has 0 saturated heterocycles. The number of rotatable bonds is 1. The van der Waals surface area contributed by atoms with Crippen LogP contribution >= 0.6 is 0 Å². The summed E-state index contributed by atoms with van der Waals surface area (Å²) in [6.45, 7) is 13.0. The van der Waals surface area contributed by atoms with Crippen LogP contribution in [0.4, 0.5) is 0 Å². The Labute approximate surface area is 134 Å². The lowest BCUT2D eigenvalue weighted by Gasteiger charge is -2.50. The number of hydrogen-bond donors (Lipinski definition) is 0. The van der Waals surface area contributed by atoms with Crippen LogP contribution in [0.5, 0.6) is 0 Å². The van der Waals surface area contributed by atoms with E-state index in [0.717, 1.165) is 19.3 Å². The summed E-state index contributed by atoms with van der Waals surface area (Å²) >= 11 is 0. The van der Waals surface area contributed by atoms with E-state index in [0.29, 0.717) is 11.7 Å². The molecule has 1 aromatic rings. The van der Waals surface area contributed by atoms with Crippen molar-refractivity contribution in [2.45, 2.75) is 72.1 Å². The fraction of sp³-hybridized carbons (Fsp3) is 0.571. The minimum Gasteiger partial charge on any atom is -0.299 e. The smallest absolute Gasteiger partial charge is 0.139 e. The number of allylic oxidation sites excluding steroid dienone is 2. The lowest BCUT2D eigenvalue weighted by atomic mass is 9.52. The molecule has 0 N–H and O–H groups in total. The molecule has 22 heavy (non-hydrogen) atoms. The van der Waals surface area contributed by atoms with Gasteiger partial charge in [-0.3, -0.25) is 4.79 Å². The van der Waals surface area contributed by atoms with Gasteiger partial charge >= 0.3 is 0 Å². The van der Waals surface area contributed by atoms with E-state index in [-0.39, 0.29) is 10.8 Å². The van der Waals surface area contributed by atoms with E-state index in [1.54, 1.807) is 6.92 Å². The van der Waals surface area contributed by atoms with Crippen LogP contribution in [0.15, 0.2) is 23.8 Å². The second kappa shape index (κ2) is 4.81. The third kappa shape index (κ3) is 1.94. The van der Waals surface area contributed by atoms with Crippen molar-refractivity contribution < 1.29 is 4.79 Å². The quantitative estimate of drug-likeness (QED) is 0.635. The Morgan fingerprint density at radius 3 is 2.41 bits per heavy atom. The topological polar surface area (TPSA) is 17.1 Å². The van der Waals surface area contributed by atoms with Crippen molar-refractivity contribution in [3.8, 4) is 0 Å². The van der Waals surface area contributed by atoms with Gasteiger partial charge in [-0.25, -0.2) is 0 Å². The molecule has 118 valence electrons. The van der Waals surface area contributed by atoms with Crippen molar-refractivity contribution >= 4 is 5.78 Å². The van der Waals surface area contributed by atoms with Crippen molar-refractivity contribution in [2.24, 2.45) is 5.41 Å². The summed E-state index contributed by atoms with van der Waals surface area (Å²) in [4.78, 5) is 12.4. The van der Waals surface area contributed by atoms with E-state index in [9.17, 15) is 4.79 Å². The van der Waals surface area contributed by atoms with Gasteiger partial charge in [0.1, 0.15) is 5.78 Å². The molecular weight excluding hydrogens is 268 g/mol. The summed E-state index contributed by atoms with van der Waals surface area (Å²) in [6.07, 6.45) is 5.68. The van der Waals surface area contributed by atoms with Crippen LogP contribution in [0, 0.1) is 19.3 Å². The molecule has 0 spiro atoms. The van der Waals surface area contributed by atoms with Gasteiger partial charge in [-0.2, -0.15) is 0 Å². The molecule has 0 heterocycles. The Morgan fingerprint density at radius 2 is 1.77 bits per heavy atom. The highest BCUT2D eigenvalue weighted by molar-refractivity contribution is 5.86. The first-order valence-electron chi connectivity index (χ1n) is 8.55. The van der Waals surface area contributed by atoms with Gasteiger partial charge < -0.3 is 0 Å². The third-order valence-corrected chi connectivity index (χ3v) is 6.49. The molecule has 2 aliphatic carbocycles. The van der Waals surface area contributed by atoms with Crippen LogP contribution in [-0.4, -0.2) is 5.78 Å². The van der Waals surface area contributed by atoms with Crippen molar-refractivity contribution in [3.63, 3.8) is 0 Å². The molecule has 1 heteroatoms. The van der Waals surface area contributed by atoms with Crippen LogP contribution in [0.1, 0.15) is 75.1 Å². The Hall–Kier alpha value is -1.37. The summed E-state index contributed by atoms with van der Waals surface area (Å²) < 4.78 is 0. The molecule has 1 saturated carbocycles. The van der Waals surface area contributed by atoms with Crippen LogP contribution < -0.4 is 0 Å². The lowest BCUT2D eigenvalue weighted by molar-refractivity contribution is -0.125. The van der Waals surface area contributed by atoms with Crippen molar-refractivity contribution in [3.05, 3.63) is 46.0 Å². The average Bonchev–Trinajstić information content (AvgIpc) is 2.44. The van der Waals surface area contributed by atoms with Crippen LogP contribution in [0.25, 0.3) is 0 Å². The first-order valence-corrected chi connectivity index (χ1v) is 8.55. The molecule has 1 aromatic carbocycles. The van der Waals surface area contributed by atoms with E-state index in [1.807, 2.05) is 0 Å². The molecule has 3 atom stereocenters. The van der Waals surface area contributed by atoms with Gasteiger partial charge in [-0.1, -0.05) is 38.5 Å². The molecule has 3 rings (SSSR count). The van der Waals surface area contributed by atoms with Gasteiger partial charge in [0.15, 0.2) is 0 Å². The second-order valence-corrected chi connectivity index (χ2v) is 7.97. The second-order valence-electron chi connectivity index (χ2n) is 7.97. The molecule has 0 radical (unpaired) electrons. The zero-order chi connectivity index (χ0) is 16.3. The molecular formula is C21H28O. The molecule has 0 amide bonds. The average molecular weight is 296 g/mol. The first-order chi connectivity index (χ1) is 10.2. The van der Waals surface area contributed by atoms with E-state index in [2.05, 4.69) is 52.8 Å². The summed E-state index contributed by atoms with van der Waals surface area (Å²) in [5.41, 5.74) is 6.79.